The lowest BCUT2D eigenvalue weighted by Gasteiger charge is -2.26. The highest BCUT2D eigenvalue weighted by Gasteiger charge is 2.21. The summed E-state index contributed by atoms with van der Waals surface area (Å²) in [6.07, 6.45) is 8.49. The number of anilines is 2. The molecule has 0 aromatic heterocycles. The summed E-state index contributed by atoms with van der Waals surface area (Å²) >= 11 is 0. The molecule has 2 aromatic rings. The molecule has 6 nitrogen and oxygen atoms in total. The van der Waals surface area contributed by atoms with Gasteiger partial charge in [-0.2, -0.15) is 0 Å². The number of nitrogens with one attached hydrogen (secondary N) is 2. The third kappa shape index (κ3) is 5.55. The van der Waals surface area contributed by atoms with E-state index in [1.165, 1.54) is 12.8 Å². The van der Waals surface area contributed by atoms with Crippen molar-refractivity contribution in [1.82, 2.24) is 4.90 Å². The van der Waals surface area contributed by atoms with E-state index in [0.29, 0.717) is 22.5 Å². The molecule has 0 unspecified atom stereocenters. The van der Waals surface area contributed by atoms with Crippen LogP contribution in [0.2, 0.25) is 0 Å². The molecule has 4 rings (SSSR count). The first-order chi connectivity index (χ1) is 15.6. The molecule has 0 bridgehead atoms. The second-order valence-electron chi connectivity index (χ2n) is 8.79. The van der Waals surface area contributed by atoms with Gasteiger partial charge in [-0.3, -0.25) is 14.4 Å². The molecule has 0 atom stereocenters. The fourth-order valence-electron chi connectivity index (χ4n) is 4.56. The third-order valence-electron chi connectivity index (χ3n) is 6.38. The zero-order chi connectivity index (χ0) is 22.3. The maximum atomic E-state index is 12.8. The molecule has 6 heteroatoms. The second kappa shape index (κ2) is 10.4. The van der Waals surface area contributed by atoms with Gasteiger partial charge in [0, 0.05) is 41.5 Å². The lowest BCUT2D eigenvalue weighted by molar-refractivity contribution is -0.120. The Balaban J connectivity index is 1.40. The summed E-state index contributed by atoms with van der Waals surface area (Å²) in [6.45, 7) is 1.57. The summed E-state index contributed by atoms with van der Waals surface area (Å²) < 4.78 is 0. The van der Waals surface area contributed by atoms with Gasteiger partial charge in [0.2, 0.25) is 5.91 Å². The van der Waals surface area contributed by atoms with Gasteiger partial charge in [-0.25, -0.2) is 0 Å². The smallest absolute Gasteiger partial charge is 0.255 e. The normalized spacial score (nSPS) is 16.9. The summed E-state index contributed by atoms with van der Waals surface area (Å²) in [5.41, 5.74) is 2.24. The van der Waals surface area contributed by atoms with E-state index in [1.54, 1.807) is 48.5 Å². The molecule has 2 aromatic carbocycles. The van der Waals surface area contributed by atoms with Gasteiger partial charge in [0.1, 0.15) is 0 Å². The van der Waals surface area contributed by atoms with E-state index < -0.39 is 0 Å². The van der Waals surface area contributed by atoms with Gasteiger partial charge in [0.05, 0.1) is 0 Å². The number of benzene rings is 2. The standard InChI is InChI=1S/C26H31N3O3/c30-24(19-9-3-1-4-10-19)27-22-13-7-11-20(17-22)25(31)28-23-14-8-12-21(18-23)26(32)29-15-5-2-6-16-29/h7-8,11-14,17-19H,1-6,9-10,15-16H2,(H,27,30)(H,28,31). The molecule has 1 saturated carbocycles. The monoisotopic (exact) mass is 433 g/mol. The number of piperidine rings is 1. The van der Waals surface area contributed by atoms with Gasteiger partial charge >= 0.3 is 0 Å². The predicted octanol–water partition coefficient (Wildman–Crippen LogP) is 5.08. The highest BCUT2D eigenvalue weighted by atomic mass is 16.2. The fourth-order valence-corrected chi connectivity index (χ4v) is 4.56. The Labute approximate surface area is 189 Å². The Morgan fingerprint density at radius 2 is 1.31 bits per heavy atom. The Bertz CT molecular complexity index is 976. The first-order valence-corrected chi connectivity index (χ1v) is 11.7. The van der Waals surface area contributed by atoms with Crippen LogP contribution in [0.4, 0.5) is 11.4 Å². The number of hydrogen-bond acceptors (Lipinski definition) is 3. The van der Waals surface area contributed by atoms with Crippen LogP contribution in [0, 0.1) is 5.92 Å². The number of likely N-dealkylation sites (tertiary alicyclic amines) is 1. The van der Waals surface area contributed by atoms with Crippen molar-refractivity contribution in [2.45, 2.75) is 51.4 Å². The van der Waals surface area contributed by atoms with Gasteiger partial charge in [-0.15, -0.1) is 0 Å². The Morgan fingerprint density at radius 1 is 0.719 bits per heavy atom. The molecule has 2 aliphatic rings. The van der Waals surface area contributed by atoms with Crippen LogP contribution < -0.4 is 10.6 Å². The Kier molecular flexibility index (Phi) is 7.20. The SMILES string of the molecule is O=C(Nc1cccc(C(=O)N2CCCCC2)c1)c1cccc(NC(=O)C2CCCCC2)c1. The first kappa shape index (κ1) is 22.1. The first-order valence-electron chi connectivity index (χ1n) is 11.7. The summed E-state index contributed by atoms with van der Waals surface area (Å²) in [5.74, 6) is -0.179. The van der Waals surface area contributed by atoms with Crippen LogP contribution in [0.5, 0.6) is 0 Å². The molecule has 0 spiro atoms. The molecule has 168 valence electrons. The van der Waals surface area contributed by atoms with Crippen molar-refractivity contribution in [3.63, 3.8) is 0 Å². The minimum absolute atomic E-state index is 0.00761. The number of carbonyl (C=O) groups excluding carboxylic acids is 3. The van der Waals surface area contributed by atoms with Gasteiger partial charge in [0.25, 0.3) is 11.8 Å². The average molecular weight is 434 g/mol. The van der Waals surface area contributed by atoms with Crippen molar-refractivity contribution in [3.8, 4) is 0 Å². The molecule has 2 N–H and O–H groups in total. The van der Waals surface area contributed by atoms with Gasteiger partial charge < -0.3 is 15.5 Å². The summed E-state index contributed by atoms with van der Waals surface area (Å²) in [5, 5.41) is 5.84. The number of hydrogen-bond donors (Lipinski definition) is 2. The zero-order valence-corrected chi connectivity index (χ0v) is 18.4. The van der Waals surface area contributed by atoms with Crippen molar-refractivity contribution in [2.24, 2.45) is 5.92 Å². The second-order valence-corrected chi connectivity index (χ2v) is 8.79. The van der Waals surface area contributed by atoms with E-state index in [0.717, 1.165) is 51.6 Å². The molecule has 1 aliphatic heterocycles. The molecule has 1 saturated heterocycles. The quantitative estimate of drug-likeness (QED) is 0.690. The Hall–Kier alpha value is -3.15. The highest BCUT2D eigenvalue weighted by Crippen LogP contribution is 2.25. The van der Waals surface area contributed by atoms with E-state index in [1.807, 2.05) is 4.90 Å². The van der Waals surface area contributed by atoms with Crippen LogP contribution in [0.3, 0.4) is 0 Å². The minimum Gasteiger partial charge on any atom is -0.339 e. The molecule has 0 radical (unpaired) electrons. The van der Waals surface area contributed by atoms with E-state index in [-0.39, 0.29) is 23.6 Å². The lowest BCUT2D eigenvalue weighted by atomic mass is 9.88. The molecular weight excluding hydrogens is 402 g/mol. The fraction of sp³-hybridized carbons (Fsp3) is 0.423. The Morgan fingerprint density at radius 3 is 2.03 bits per heavy atom. The molecule has 1 heterocycles. The zero-order valence-electron chi connectivity index (χ0n) is 18.4. The van der Waals surface area contributed by atoms with Crippen molar-refractivity contribution < 1.29 is 14.4 Å². The van der Waals surface area contributed by atoms with Crippen molar-refractivity contribution >= 4 is 29.1 Å². The van der Waals surface area contributed by atoms with Gasteiger partial charge in [-0.05, 0) is 68.5 Å². The topological polar surface area (TPSA) is 78.5 Å². The summed E-state index contributed by atoms with van der Waals surface area (Å²) in [7, 11) is 0. The molecule has 1 aliphatic carbocycles. The summed E-state index contributed by atoms with van der Waals surface area (Å²) in [6, 6.07) is 14.1. The van der Waals surface area contributed by atoms with Crippen molar-refractivity contribution in [1.29, 1.82) is 0 Å². The minimum atomic E-state index is -0.277. The summed E-state index contributed by atoms with van der Waals surface area (Å²) in [4.78, 5) is 40.0. The van der Waals surface area contributed by atoms with Gasteiger partial charge in [-0.1, -0.05) is 31.4 Å². The number of nitrogens with zero attached hydrogens (tertiary/aromatic N) is 1. The van der Waals surface area contributed by atoms with Crippen LogP contribution in [-0.4, -0.2) is 35.7 Å². The third-order valence-corrected chi connectivity index (χ3v) is 6.38. The molecular formula is C26H31N3O3. The van der Waals surface area contributed by atoms with E-state index in [4.69, 9.17) is 0 Å². The molecule has 3 amide bonds. The van der Waals surface area contributed by atoms with Gasteiger partial charge in [0.15, 0.2) is 0 Å². The predicted molar refractivity (Wildman–Crippen MR) is 126 cm³/mol. The highest BCUT2D eigenvalue weighted by molar-refractivity contribution is 6.06. The van der Waals surface area contributed by atoms with Crippen molar-refractivity contribution in [3.05, 3.63) is 59.7 Å². The van der Waals surface area contributed by atoms with E-state index in [2.05, 4.69) is 10.6 Å². The van der Waals surface area contributed by atoms with E-state index >= 15 is 0 Å². The van der Waals surface area contributed by atoms with Crippen LogP contribution >= 0.6 is 0 Å². The van der Waals surface area contributed by atoms with Crippen LogP contribution in [0.25, 0.3) is 0 Å². The maximum Gasteiger partial charge on any atom is 0.255 e. The van der Waals surface area contributed by atoms with Crippen molar-refractivity contribution in [2.75, 3.05) is 23.7 Å². The van der Waals surface area contributed by atoms with Crippen LogP contribution in [0.15, 0.2) is 48.5 Å². The number of amides is 3. The molecule has 32 heavy (non-hydrogen) atoms. The van der Waals surface area contributed by atoms with Crippen LogP contribution in [0.1, 0.15) is 72.1 Å². The lowest BCUT2D eigenvalue weighted by Crippen LogP contribution is -2.35. The largest absolute Gasteiger partial charge is 0.339 e. The maximum absolute atomic E-state index is 12.8. The number of carbonyl (C=O) groups is 3. The molecule has 2 fully saturated rings. The van der Waals surface area contributed by atoms with Crippen LogP contribution in [-0.2, 0) is 4.79 Å². The van der Waals surface area contributed by atoms with E-state index in [9.17, 15) is 14.4 Å². The number of rotatable bonds is 5. The average Bonchev–Trinajstić information content (AvgIpc) is 2.85.